The zero-order valence-electron chi connectivity index (χ0n) is 13.7. The van der Waals surface area contributed by atoms with Gasteiger partial charge in [0.1, 0.15) is 12.4 Å². The van der Waals surface area contributed by atoms with E-state index >= 15 is 0 Å². The number of thiophene rings is 1. The van der Waals surface area contributed by atoms with Crippen LogP contribution in [0.25, 0.3) is 0 Å². The quantitative estimate of drug-likeness (QED) is 0.752. The average Bonchev–Trinajstić information content (AvgIpc) is 3.10. The van der Waals surface area contributed by atoms with Gasteiger partial charge < -0.3 is 4.90 Å². The Hall–Kier alpha value is -2.15. The summed E-state index contributed by atoms with van der Waals surface area (Å²) in [5, 5.41) is 6.38. The van der Waals surface area contributed by atoms with Gasteiger partial charge in [0.05, 0.1) is 6.54 Å². The van der Waals surface area contributed by atoms with Crippen molar-refractivity contribution in [3.63, 3.8) is 0 Å². The number of hydrogen-bond donors (Lipinski definition) is 0. The number of fused-ring (bicyclic) bond motifs is 1. The molecule has 7 heteroatoms. The maximum atomic E-state index is 12.6. The van der Waals surface area contributed by atoms with Crippen LogP contribution in [-0.4, -0.2) is 31.7 Å². The fourth-order valence-electron chi connectivity index (χ4n) is 2.96. The first-order valence-electron chi connectivity index (χ1n) is 8.26. The Balaban J connectivity index is 1.75. The maximum absolute atomic E-state index is 12.6. The molecule has 3 rings (SSSR count). The lowest BCUT2D eigenvalue weighted by molar-refractivity contribution is -0.132. The second-order valence-electron chi connectivity index (χ2n) is 5.96. The van der Waals surface area contributed by atoms with Gasteiger partial charge in [0.15, 0.2) is 0 Å². The zero-order chi connectivity index (χ0) is 16.9. The van der Waals surface area contributed by atoms with Gasteiger partial charge in [-0.1, -0.05) is 18.6 Å². The van der Waals surface area contributed by atoms with E-state index in [0.717, 1.165) is 36.4 Å². The zero-order valence-corrected chi connectivity index (χ0v) is 14.5. The minimum atomic E-state index is -0.171. The largest absolute Gasteiger partial charge is 0.346 e. The second kappa shape index (κ2) is 7.61. The van der Waals surface area contributed by atoms with E-state index in [2.05, 4.69) is 11.7 Å². The molecule has 1 amide bonds. The lowest BCUT2D eigenvalue weighted by atomic mass is 10.2. The first-order valence-corrected chi connectivity index (χ1v) is 9.14. The van der Waals surface area contributed by atoms with Crippen LogP contribution >= 0.6 is 11.3 Å². The molecule has 0 aliphatic carbocycles. The number of aromatic nitrogens is 3. The van der Waals surface area contributed by atoms with Crippen molar-refractivity contribution in [1.82, 2.24) is 19.2 Å². The number of rotatable bonds is 6. The van der Waals surface area contributed by atoms with E-state index in [1.165, 1.54) is 4.68 Å². The molecule has 0 saturated carbocycles. The molecule has 0 spiro atoms. The van der Waals surface area contributed by atoms with Crippen LogP contribution in [-0.2, 0) is 30.8 Å². The summed E-state index contributed by atoms with van der Waals surface area (Å²) in [6.45, 7) is 5.40. The van der Waals surface area contributed by atoms with Gasteiger partial charge in [-0.25, -0.2) is 9.48 Å². The minimum Gasteiger partial charge on any atom is -0.332 e. The van der Waals surface area contributed by atoms with Gasteiger partial charge in [0.2, 0.25) is 5.91 Å². The summed E-state index contributed by atoms with van der Waals surface area (Å²) in [4.78, 5) is 27.9. The molecule has 0 N–H and O–H groups in total. The SMILES string of the molecule is C=CCN(Cc1cccs1)C(=O)Cn1nc2n(c1=O)CCCCC2. The molecule has 0 radical (unpaired) electrons. The number of hydrogen-bond acceptors (Lipinski definition) is 4. The first-order chi connectivity index (χ1) is 11.7. The van der Waals surface area contributed by atoms with Crippen molar-refractivity contribution in [2.75, 3.05) is 6.54 Å². The summed E-state index contributed by atoms with van der Waals surface area (Å²) in [5.74, 6) is 0.692. The van der Waals surface area contributed by atoms with Crippen LogP contribution in [0.15, 0.2) is 35.0 Å². The highest BCUT2D eigenvalue weighted by Gasteiger charge is 2.20. The fraction of sp³-hybridized carbons (Fsp3) is 0.471. The van der Waals surface area contributed by atoms with Gasteiger partial charge in [-0.2, -0.15) is 5.10 Å². The van der Waals surface area contributed by atoms with E-state index in [0.29, 0.717) is 19.6 Å². The number of nitrogens with zero attached hydrogens (tertiary/aromatic N) is 4. The molecule has 3 heterocycles. The molecule has 0 bridgehead atoms. The standard InChI is InChI=1S/C17H22N4O2S/c1-2-9-19(12-14-7-6-11-24-14)16(22)13-21-17(23)20-10-5-3-4-8-15(20)18-21/h2,6-7,11H,1,3-5,8-10,12-13H2. The normalized spacial score (nSPS) is 14.0. The van der Waals surface area contributed by atoms with Crippen molar-refractivity contribution in [3.8, 4) is 0 Å². The van der Waals surface area contributed by atoms with E-state index in [1.54, 1.807) is 26.9 Å². The van der Waals surface area contributed by atoms with Crippen LogP contribution in [0.3, 0.4) is 0 Å². The van der Waals surface area contributed by atoms with E-state index in [-0.39, 0.29) is 18.1 Å². The third kappa shape index (κ3) is 3.67. The highest BCUT2D eigenvalue weighted by atomic mass is 32.1. The van der Waals surface area contributed by atoms with Gasteiger partial charge >= 0.3 is 5.69 Å². The molecular formula is C17H22N4O2S. The fourth-order valence-corrected chi connectivity index (χ4v) is 3.68. The monoisotopic (exact) mass is 346 g/mol. The Bertz CT molecular complexity index is 760. The first kappa shape index (κ1) is 16.7. The molecule has 2 aromatic heterocycles. The predicted molar refractivity (Wildman–Crippen MR) is 94.0 cm³/mol. The van der Waals surface area contributed by atoms with Crippen molar-refractivity contribution in [3.05, 3.63) is 51.4 Å². The molecule has 1 aliphatic heterocycles. The summed E-state index contributed by atoms with van der Waals surface area (Å²) < 4.78 is 3.03. The molecule has 0 atom stereocenters. The average molecular weight is 346 g/mol. The van der Waals surface area contributed by atoms with Crippen LogP contribution in [0.5, 0.6) is 0 Å². The molecule has 24 heavy (non-hydrogen) atoms. The van der Waals surface area contributed by atoms with E-state index in [1.807, 2.05) is 17.5 Å². The third-order valence-electron chi connectivity index (χ3n) is 4.20. The van der Waals surface area contributed by atoms with E-state index in [9.17, 15) is 9.59 Å². The Morgan fingerprint density at radius 1 is 1.42 bits per heavy atom. The molecule has 0 unspecified atom stereocenters. The van der Waals surface area contributed by atoms with Crippen LogP contribution in [0, 0.1) is 0 Å². The summed E-state index contributed by atoms with van der Waals surface area (Å²) in [6, 6.07) is 3.96. The van der Waals surface area contributed by atoms with Gasteiger partial charge in [0.25, 0.3) is 0 Å². The van der Waals surface area contributed by atoms with Crippen LogP contribution < -0.4 is 5.69 Å². The van der Waals surface area contributed by atoms with E-state index < -0.39 is 0 Å². The summed E-state index contributed by atoms with van der Waals surface area (Å²) in [6.07, 6.45) is 5.67. The molecule has 1 aliphatic rings. The summed E-state index contributed by atoms with van der Waals surface area (Å²) in [7, 11) is 0. The van der Waals surface area contributed by atoms with Crippen molar-refractivity contribution in [2.45, 2.75) is 45.3 Å². The predicted octanol–water partition coefficient (Wildman–Crippen LogP) is 2.05. The van der Waals surface area contributed by atoms with Gasteiger partial charge in [-0.3, -0.25) is 9.36 Å². The van der Waals surface area contributed by atoms with Gasteiger partial charge in [-0.05, 0) is 24.3 Å². The second-order valence-corrected chi connectivity index (χ2v) is 6.99. The topological polar surface area (TPSA) is 60.1 Å². The number of carbonyl (C=O) groups excluding carboxylic acids is 1. The maximum Gasteiger partial charge on any atom is 0.346 e. The number of amides is 1. The molecule has 0 saturated heterocycles. The molecule has 128 valence electrons. The smallest absolute Gasteiger partial charge is 0.332 e. The highest BCUT2D eigenvalue weighted by Crippen LogP contribution is 2.13. The minimum absolute atomic E-state index is 0.0158. The number of aryl methyl sites for hydroxylation is 1. The van der Waals surface area contributed by atoms with E-state index in [4.69, 9.17) is 0 Å². The molecule has 0 fully saturated rings. The summed E-state index contributed by atoms with van der Waals surface area (Å²) in [5.41, 5.74) is -0.171. The molecule has 2 aromatic rings. The lowest BCUT2D eigenvalue weighted by Crippen LogP contribution is -2.37. The molecular weight excluding hydrogens is 324 g/mol. The Labute approximate surface area is 145 Å². The van der Waals surface area contributed by atoms with Gasteiger partial charge in [0, 0.05) is 24.4 Å². The van der Waals surface area contributed by atoms with Crippen molar-refractivity contribution in [1.29, 1.82) is 0 Å². The third-order valence-corrected chi connectivity index (χ3v) is 5.06. The van der Waals surface area contributed by atoms with Crippen molar-refractivity contribution < 1.29 is 4.79 Å². The summed E-state index contributed by atoms with van der Waals surface area (Å²) >= 11 is 1.61. The Morgan fingerprint density at radius 2 is 2.29 bits per heavy atom. The lowest BCUT2D eigenvalue weighted by Gasteiger charge is -2.20. The molecule has 6 nitrogen and oxygen atoms in total. The molecule has 0 aromatic carbocycles. The van der Waals surface area contributed by atoms with Crippen LogP contribution in [0.1, 0.15) is 30.0 Å². The Morgan fingerprint density at radius 3 is 3.04 bits per heavy atom. The number of carbonyl (C=O) groups is 1. The van der Waals surface area contributed by atoms with Crippen molar-refractivity contribution in [2.24, 2.45) is 0 Å². The Kier molecular flexibility index (Phi) is 5.30. The van der Waals surface area contributed by atoms with Crippen molar-refractivity contribution >= 4 is 17.2 Å². The van der Waals surface area contributed by atoms with Gasteiger partial charge in [-0.15, -0.1) is 17.9 Å². The van der Waals surface area contributed by atoms with Crippen LogP contribution in [0.4, 0.5) is 0 Å². The highest BCUT2D eigenvalue weighted by molar-refractivity contribution is 7.09. The van der Waals surface area contributed by atoms with Crippen LogP contribution in [0.2, 0.25) is 0 Å².